The van der Waals surface area contributed by atoms with Crippen molar-refractivity contribution in [2.45, 2.75) is 26.8 Å². The molecule has 1 N–H and O–H groups in total. The van der Waals surface area contributed by atoms with E-state index in [9.17, 15) is 0 Å². The number of nitrogens with zero attached hydrogens (tertiary/aromatic N) is 1. The maximum atomic E-state index is 3.24. The fourth-order valence-electron chi connectivity index (χ4n) is 2.71. The molecular weight excluding hydrogens is 256 g/mol. The predicted octanol–water partition coefficient (Wildman–Crippen LogP) is 3.78. The number of benzene rings is 2. The summed E-state index contributed by atoms with van der Waals surface area (Å²) in [6.07, 6.45) is 1.08. The van der Waals surface area contributed by atoms with Crippen LogP contribution in [0.5, 0.6) is 0 Å². The number of para-hydroxylation sites is 1. The molecule has 2 rings (SSSR count). The van der Waals surface area contributed by atoms with Crippen molar-refractivity contribution < 1.29 is 0 Å². The quantitative estimate of drug-likeness (QED) is 0.831. The van der Waals surface area contributed by atoms with Gasteiger partial charge in [-0.3, -0.25) is 0 Å². The Balaban J connectivity index is 2.21. The molecule has 2 nitrogen and oxygen atoms in total. The highest BCUT2D eigenvalue weighted by Crippen LogP contribution is 2.22. The van der Waals surface area contributed by atoms with Crippen LogP contribution in [0.4, 0.5) is 5.69 Å². The lowest BCUT2D eigenvalue weighted by atomic mass is 10.0. The Morgan fingerprint density at radius 1 is 0.952 bits per heavy atom. The lowest BCUT2D eigenvalue weighted by molar-refractivity contribution is 0.770. The molecule has 0 unspecified atom stereocenters. The first kappa shape index (κ1) is 15.6. The van der Waals surface area contributed by atoms with Crippen molar-refractivity contribution >= 4 is 5.69 Å². The van der Waals surface area contributed by atoms with E-state index in [4.69, 9.17) is 0 Å². The normalized spacial score (nSPS) is 10.6. The second-order valence-corrected chi connectivity index (χ2v) is 5.42. The van der Waals surface area contributed by atoms with Crippen LogP contribution in [0.3, 0.4) is 0 Å². The van der Waals surface area contributed by atoms with Crippen molar-refractivity contribution in [1.29, 1.82) is 0 Å². The molecule has 0 amide bonds. The molecule has 0 aliphatic rings. The molecule has 0 saturated heterocycles. The SMILES string of the molecule is CCN(Cc1ccccc1CCNC)c1ccccc1C. The van der Waals surface area contributed by atoms with E-state index >= 15 is 0 Å². The van der Waals surface area contributed by atoms with Gasteiger partial charge in [0.2, 0.25) is 0 Å². The Morgan fingerprint density at radius 2 is 1.62 bits per heavy atom. The fourth-order valence-corrected chi connectivity index (χ4v) is 2.71. The number of hydrogen-bond acceptors (Lipinski definition) is 2. The maximum absolute atomic E-state index is 3.24. The lowest BCUT2D eigenvalue weighted by Crippen LogP contribution is -2.24. The summed E-state index contributed by atoms with van der Waals surface area (Å²) in [5, 5.41) is 3.24. The topological polar surface area (TPSA) is 15.3 Å². The zero-order chi connectivity index (χ0) is 15.1. The summed E-state index contributed by atoms with van der Waals surface area (Å²) < 4.78 is 0. The standard InChI is InChI=1S/C19H26N2/c1-4-21(19-12-8-5-9-16(19)2)15-18-11-7-6-10-17(18)13-14-20-3/h5-12,20H,4,13-15H2,1-3H3. The van der Waals surface area contributed by atoms with Crippen molar-refractivity contribution in [2.24, 2.45) is 0 Å². The first-order valence-electron chi connectivity index (χ1n) is 7.78. The molecular formula is C19H26N2. The summed E-state index contributed by atoms with van der Waals surface area (Å²) in [5.41, 5.74) is 5.55. The Kier molecular flexibility index (Phi) is 5.82. The molecule has 0 atom stereocenters. The van der Waals surface area contributed by atoms with Crippen molar-refractivity contribution in [3.63, 3.8) is 0 Å². The van der Waals surface area contributed by atoms with Gasteiger partial charge in [-0.05, 0) is 56.6 Å². The third-order valence-electron chi connectivity index (χ3n) is 3.96. The first-order chi connectivity index (χ1) is 10.3. The molecule has 2 aromatic rings. The van der Waals surface area contributed by atoms with E-state index in [1.54, 1.807) is 0 Å². The van der Waals surface area contributed by atoms with Gasteiger partial charge < -0.3 is 10.2 Å². The predicted molar refractivity (Wildman–Crippen MR) is 92.0 cm³/mol. The van der Waals surface area contributed by atoms with Crippen LogP contribution in [0.15, 0.2) is 48.5 Å². The van der Waals surface area contributed by atoms with Gasteiger partial charge >= 0.3 is 0 Å². The smallest absolute Gasteiger partial charge is 0.0432 e. The molecule has 0 heterocycles. The van der Waals surface area contributed by atoms with Crippen LogP contribution in [0, 0.1) is 6.92 Å². The first-order valence-corrected chi connectivity index (χ1v) is 7.78. The van der Waals surface area contributed by atoms with Crippen LogP contribution >= 0.6 is 0 Å². The van der Waals surface area contributed by atoms with Gasteiger partial charge in [0.15, 0.2) is 0 Å². The van der Waals surface area contributed by atoms with Crippen LogP contribution in [0.25, 0.3) is 0 Å². The molecule has 0 fully saturated rings. The number of rotatable bonds is 7. The molecule has 0 aliphatic carbocycles. The van der Waals surface area contributed by atoms with E-state index in [1.807, 2.05) is 7.05 Å². The van der Waals surface area contributed by atoms with Gasteiger partial charge in [0.25, 0.3) is 0 Å². The molecule has 112 valence electrons. The van der Waals surface area contributed by atoms with E-state index in [-0.39, 0.29) is 0 Å². The van der Waals surface area contributed by atoms with Gasteiger partial charge in [0.05, 0.1) is 0 Å². The molecule has 0 aromatic heterocycles. The third kappa shape index (κ3) is 4.08. The van der Waals surface area contributed by atoms with E-state index in [0.29, 0.717) is 0 Å². The maximum Gasteiger partial charge on any atom is 0.0432 e. The van der Waals surface area contributed by atoms with Crippen LogP contribution in [0.1, 0.15) is 23.6 Å². The van der Waals surface area contributed by atoms with Gasteiger partial charge in [-0.2, -0.15) is 0 Å². The van der Waals surface area contributed by atoms with Crippen LogP contribution in [0.2, 0.25) is 0 Å². The average Bonchev–Trinajstić information content (AvgIpc) is 2.52. The summed E-state index contributed by atoms with van der Waals surface area (Å²) in [6.45, 7) is 7.42. The molecule has 2 heteroatoms. The Bertz CT molecular complexity index is 563. The lowest BCUT2D eigenvalue weighted by Gasteiger charge is -2.26. The summed E-state index contributed by atoms with van der Waals surface area (Å²) in [7, 11) is 2.01. The molecule has 21 heavy (non-hydrogen) atoms. The van der Waals surface area contributed by atoms with Crippen molar-refractivity contribution in [3.05, 3.63) is 65.2 Å². The Hall–Kier alpha value is -1.80. The number of hydrogen-bond donors (Lipinski definition) is 1. The second kappa shape index (κ2) is 7.84. The van der Waals surface area contributed by atoms with Gasteiger partial charge in [0, 0.05) is 18.8 Å². The summed E-state index contributed by atoms with van der Waals surface area (Å²) in [6, 6.07) is 17.4. The zero-order valence-corrected chi connectivity index (χ0v) is 13.4. The number of aryl methyl sites for hydroxylation is 1. The van der Waals surface area contributed by atoms with E-state index in [2.05, 4.69) is 72.6 Å². The highest BCUT2D eigenvalue weighted by molar-refractivity contribution is 5.53. The van der Waals surface area contributed by atoms with Gasteiger partial charge in [0.1, 0.15) is 0 Å². The van der Waals surface area contributed by atoms with Crippen molar-refractivity contribution in [2.75, 3.05) is 25.0 Å². The van der Waals surface area contributed by atoms with Crippen LogP contribution in [-0.2, 0) is 13.0 Å². The third-order valence-corrected chi connectivity index (χ3v) is 3.96. The summed E-state index contributed by atoms with van der Waals surface area (Å²) in [5.74, 6) is 0. The van der Waals surface area contributed by atoms with E-state index < -0.39 is 0 Å². The van der Waals surface area contributed by atoms with E-state index in [1.165, 1.54) is 22.4 Å². The second-order valence-electron chi connectivity index (χ2n) is 5.42. The zero-order valence-electron chi connectivity index (χ0n) is 13.4. The number of anilines is 1. The van der Waals surface area contributed by atoms with Crippen molar-refractivity contribution in [1.82, 2.24) is 5.32 Å². The number of nitrogens with one attached hydrogen (secondary N) is 1. The van der Waals surface area contributed by atoms with Crippen molar-refractivity contribution in [3.8, 4) is 0 Å². The molecule has 0 radical (unpaired) electrons. The summed E-state index contributed by atoms with van der Waals surface area (Å²) in [4.78, 5) is 2.45. The highest BCUT2D eigenvalue weighted by Gasteiger charge is 2.10. The largest absolute Gasteiger partial charge is 0.367 e. The van der Waals surface area contributed by atoms with Crippen LogP contribution < -0.4 is 10.2 Å². The Morgan fingerprint density at radius 3 is 2.29 bits per heavy atom. The Labute approximate surface area is 128 Å². The van der Waals surface area contributed by atoms with Crippen LogP contribution in [-0.4, -0.2) is 20.1 Å². The van der Waals surface area contributed by atoms with Gasteiger partial charge in [-0.1, -0.05) is 42.5 Å². The minimum atomic E-state index is 0.973. The monoisotopic (exact) mass is 282 g/mol. The molecule has 2 aromatic carbocycles. The molecule has 0 spiro atoms. The average molecular weight is 282 g/mol. The summed E-state index contributed by atoms with van der Waals surface area (Å²) >= 11 is 0. The minimum absolute atomic E-state index is 0.973. The molecule has 0 bridgehead atoms. The number of likely N-dealkylation sites (N-methyl/N-ethyl adjacent to an activating group) is 1. The van der Waals surface area contributed by atoms with Gasteiger partial charge in [-0.25, -0.2) is 0 Å². The van der Waals surface area contributed by atoms with Gasteiger partial charge in [-0.15, -0.1) is 0 Å². The highest BCUT2D eigenvalue weighted by atomic mass is 15.1. The fraction of sp³-hybridized carbons (Fsp3) is 0.368. The molecule has 0 aliphatic heterocycles. The van der Waals surface area contributed by atoms with E-state index in [0.717, 1.165) is 26.1 Å². The minimum Gasteiger partial charge on any atom is -0.367 e. The molecule has 0 saturated carbocycles.